The van der Waals surface area contributed by atoms with Crippen molar-refractivity contribution < 1.29 is 18.0 Å². The van der Waals surface area contributed by atoms with E-state index in [0.29, 0.717) is 20.6 Å². The molecule has 0 spiro atoms. The molecule has 11 heteroatoms. The second-order valence-corrected chi connectivity index (χ2v) is 14.7. The van der Waals surface area contributed by atoms with Gasteiger partial charge in [-0.15, -0.1) is 0 Å². The SMILES string of the molecule is CC(C)(C)NC(=O)[C@H](Cc1ccccc1)N(Cc1cccc(Cl)c1)C(=O)CN(c1cccc(Cl)c1)S(=O)(=O)c1ccc(Cl)cc1. The molecule has 2 amide bonds. The second kappa shape index (κ2) is 14.7. The summed E-state index contributed by atoms with van der Waals surface area (Å²) in [4.78, 5) is 29.8. The predicted octanol–water partition coefficient (Wildman–Crippen LogP) is 7.40. The second-order valence-electron chi connectivity index (χ2n) is 11.5. The third kappa shape index (κ3) is 9.47. The summed E-state index contributed by atoms with van der Waals surface area (Å²) in [6.45, 7) is 4.95. The van der Waals surface area contributed by atoms with Crippen LogP contribution in [0.1, 0.15) is 31.9 Å². The van der Waals surface area contributed by atoms with Crippen LogP contribution in [0.25, 0.3) is 0 Å². The maximum atomic E-state index is 14.5. The molecule has 4 rings (SSSR count). The van der Waals surface area contributed by atoms with Crippen LogP contribution in [0.3, 0.4) is 0 Å². The number of hydrogen-bond donors (Lipinski definition) is 1. The van der Waals surface area contributed by atoms with Gasteiger partial charge in [0.05, 0.1) is 10.6 Å². The van der Waals surface area contributed by atoms with Gasteiger partial charge in [-0.1, -0.05) is 83.3 Å². The number of amides is 2. The zero-order chi connectivity index (χ0) is 32.8. The van der Waals surface area contributed by atoms with Crippen LogP contribution in [0.4, 0.5) is 5.69 Å². The van der Waals surface area contributed by atoms with E-state index in [1.165, 1.54) is 35.2 Å². The van der Waals surface area contributed by atoms with Crippen molar-refractivity contribution >= 4 is 62.3 Å². The van der Waals surface area contributed by atoms with Gasteiger partial charge in [0.25, 0.3) is 10.0 Å². The summed E-state index contributed by atoms with van der Waals surface area (Å²) in [6.07, 6.45) is 0.191. The molecule has 0 bridgehead atoms. The van der Waals surface area contributed by atoms with E-state index in [1.807, 2.05) is 51.1 Å². The molecule has 7 nitrogen and oxygen atoms in total. The van der Waals surface area contributed by atoms with Crippen molar-refractivity contribution in [3.63, 3.8) is 0 Å². The average Bonchev–Trinajstić information content (AvgIpc) is 2.97. The van der Waals surface area contributed by atoms with E-state index in [4.69, 9.17) is 34.8 Å². The van der Waals surface area contributed by atoms with Crippen LogP contribution < -0.4 is 9.62 Å². The van der Waals surface area contributed by atoms with Crippen molar-refractivity contribution in [3.05, 3.63) is 129 Å². The Kier molecular flexibility index (Phi) is 11.2. The topological polar surface area (TPSA) is 86.8 Å². The number of carbonyl (C=O) groups is 2. The highest BCUT2D eigenvalue weighted by molar-refractivity contribution is 7.92. The Bertz CT molecular complexity index is 1740. The number of hydrogen-bond acceptors (Lipinski definition) is 4. The normalized spacial score (nSPS) is 12.3. The van der Waals surface area contributed by atoms with Gasteiger partial charge in [0, 0.05) is 33.6 Å². The summed E-state index contributed by atoms with van der Waals surface area (Å²) < 4.78 is 29.1. The van der Waals surface area contributed by atoms with Crippen LogP contribution >= 0.6 is 34.8 Å². The van der Waals surface area contributed by atoms with Gasteiger partial charge in [-0.25, -0.2) is 8.42 Å². The van der Waals surface area contributed by atoms with E-state index >= 15 is 0 Å². The number of nitrogens with one attached hydrogen (secondary N) is 1. The smallest absolute Gasteiger partial charge is 0.264 e. The molecule has 4 aromatic carbocycles. The lowest BCUT2D eigenvalue weighted by molar-refractivity contribution is -0.140. The van der Waals surface area contributed by atoms with Crippen molar-refractivity contribution in [1.29, 1.82) is 0 Å². The molecule has 0 aliphatic rings. The largest absolute Gasteiger partial charge is 0.350 e. The fourth-order valence-electron chi connectivity index (χ4n) is 4.73. The third-order valence-corrected chi connectivity index (χ3v) is 9.30. The Morgan fingerprint density at radius 2 is 1.36 bits per heavy atom. The minimum absolute atomic E-state index is 0.00116. The van der Waals surface area contributed by atoms with Gasteiger partial charge in [-0.05, 0) is 86.5 Å². The molecule has 0 aliphatic heterocycles. The van der Waals surface area contributed by atoms with Gasteiger partial charge in [-0.2, -0.15) is 0 Å². The molecular formula is C34H34Cl3N3O4S. The molecule has 0 aliphatic carbocycles. The first-order valence-electron chi connectivity index (χ1n) is 14.2. The number of nitrogens with zero attached hydrogens (tertiary/aromatic N) is 2. The molecule has 1 atom stereocenters. The average molecular weight is 687 g/mol. The first-order chi connectivity index (χ1) is 21.2. The van der Waals surface area contributed by atoms with Gasteiger partial charge >= 0.3 is 0 Å². The molecule has 0 radical (unpaired) electrons. The summed E-state index contributed by atoms with van der Waals surface area (Å²) in [5, 5.41) is 4.12. The van der Waals surface area contributed by atoms with E-state index in [9.17, 15) is 18.0 Å². The number of halogens is 3. The maximum absolute atomic E-state index is 14.5. The van der Waals surface area contributed by atoms with Crippen LogP contribution in [-0.4, -0.2) is 43.3 Å². The highest BCUT2D eigenvalue weighted by Crippen LogP contribution is 2.28. The predicted molar refractivity (Wildman–Crippen MR) is 181 cm³/mol. The molecule has 1 N–H and O–H groups in total. The van der Waals surface area contributed by atoms with Crippen molar-refractivity contribution in [1.82, 2.24) is 10.2 Å². The Morgan fingerprint density at radius 3 is 1.96 bits per heavy atom. The van der Waals surface area contributed by atoms with Crippen LogP contribution in [0.2, 0.25) is 15.1 Å². The monoisotopic (exact) mass is 685 g/mol. The number of anilines is 1. The van der Waals surface area contributed by atoms with Gasteiger partial charge in [-0.3, -0.25) is 13.9 Å². The molecule has 4 aromatic rings. The van der Waals surface area contributed by atoms with Crippen LogP contribution in [0, 0.1) is 0 Å². The van der Waals surface area contributed by atoms with Crippen LogP contribution in [0.5, 0.6) is 0 Å². The van der Waals surface area contributed by atoms with Crippen molar-refractivity contribution in [2.45, 2.75) is 50.2 Å². The first kappa shape index (κ1) is 34.3. The number of rotatable bonds is 11. The highest BCUT2D eigenvalue weighted by Gasteiger charge is 2.35. The molecule has 0 saturated heterocycles. The van der Waals surface area contributed by atoms with Gasteiger partial charge in [0.2, 0.25) is 11.8 Å². The highest BCUT2D eigenvalue weighted by atomic mass is 35.5. The lowest BCUT2D eigenvalue weighted by atomic mass is 10.0. The molecule has 45 heavy (non-hydrogen) atoms. The Balaban J connectivity index is 1.82. The van der Waals surface area contributed by atoms with Crippen LogP contribution in [0.15, 0.2) is 108 Å². The summed E-state index contributed by atoms with van der Waals surface area (Å²) in [5.41, 5.74) is 1.09. The maximum Gasteiger partial charge on any atom is 0.264 e. The fraction of sp³-hybridized carbons (Fsp3) is 0.235. The van der Waals surface area contributed by atoms with E-state index in [1.54, 1.807) is 42.5 Å². The first-order valence-corrected chi connectivity index (χ1v) is 16.7. The van der Waals surface area contributed by atoms with Crippen molar-refractivity contribution in [2.24, 2.45) is 0 Å². The van der Waals surface area contributed by atoms with Crippen molar-refractivity contribution in [3.8, 4) is 0 Å². The van der Waals surface area contributed by atoms with E-state index in [2.05, 4.69) is 5.32 Å². The van der Waals surface area contributed by atoms with Crippen LogP contribution in [-0.2, 0) is 32.6 Å². The number of sulfonamides is 1. The van der Waals surface area contributed by atoms with E-state index in [-0.39, 0.29) is 29.5 Å². The molecule has 0 heterocycles. The minimum Gasteiger partial charge on any atom is -0.350 e. The quantitative estimate of drug-likeness (QED) is 0.178. The fourth-order valence-corrected chi connectivity index (χ4v) is 6.66. The van der Waals surface area contributed by atoms with Gasteiger partial charge < -0.3 is 10.2 Å². The summed E-state index contributed by atoms with van der Waals surface area (Å²) in [5.74, 6) is -0.978. The zero-order valence-corrected chi connectivity index (χ0v) is 28.2. The van der Waals surface area contributed by atoms with E-state index in [0.717, 1.165) is 9.87 Å². The molecule has 0 aromatic heterocycles. The Morgan fingerprint density at radius 1 is 0.756 bits per heavy atom. The molecule has 0 unspecified atom stereocenters. The molecule has 236 valence electrons. The number of carbonyl (C=O) groups excluding carboxylic acids is 2. The Labute approximate surface area is 279 Å². The standard InChI is InChI=1S/C34H34Cl3N3O4S/c1-34(2,3)38-33(42)31(20-24-9-5-4-6-10-24)39(22-25-11-7-12-27(36)19-25)32(41)23-40(29-14-8-13-28(37)21-29)45(43,44)30-17-15-26(35)16-18-30/h4-19,21,31H,20,22-23H2,1-3H3,(H,38,42)/t31-/m0/s1. The zero-order valence-electron chi connectivity index (χ0n) is 25.1. The lowest BCUT2D eigenvalue weighted by Gasteiger charge is -2.35. The van der Waals surface area contributed by atoms with Crippen molar-refractivity contribution in [2.75, 3.05) is 10.8 Å². The summed E-state index contributed by atoms with van der Waals surface area (Å²) in [7, 11) is -4.28. The van der Waals surface area contributed by atoms with E-state index < -0.39 is 34.1 Å². The third-order valence-electron chi connectivity index (χ3n) is 6.79. The molecule has 0 fully saturated rings. The molecule has 0 saturated carbocycles. The lowest BCUT2D eigenvalue weighted by Crippen LogP contribution is -2.56. The Hall–Kier alpha value is -3.56. The summed E-state index contributed by atoms with van der Waals surface area (Å²) >= 11 is 18.6. The van der Waals surface area contributed by atoms with Gasteiger partial charge in [0.15, 0.2) is 0 Å². The summed E-state index contributed by atoms with van der Waals surface area (Å²) in [6, 6.07) is 27.2. The minimum atomic E-state index is -4.28. The van der Waals surface area contributed by atoms with Gasteiger partial charge in [0.1, 0.15) is 12.6 Å². The molecular weight excluding hydrogens is 653 g/mol. The number of benzene rings is 4.